The van der Waals surface area contributed by atoms with Crippen LogP contribution in [-0.4, -0.2) is 94.0 Å². The number of amides is 1. The summed E-state index contributed by atoms with van der Waals surface area (Å²) in [5.41, 5.74) is 4.94. The molecule has 0 saturated heterocycles. The van der Waals surface area contributed by atoms with Gasteiger partial charge in [-0.25, -0.2) is 19.2 Å². The topological polar surface area (TPSA) is 234 Å². The number of esters is 2. The number of methoxy groups -OCH3 is 1. The summed E-state index contributed by atoms with van der Waals surface area (Å²) in [5, 5.41) is 17.1. The third-order valence-corrected chi connectivity index (χ3v) is 7.54. The average Bonchev–Trinajstić information content (AvgIpc) is 3.60. The minimum atomic E-state index is -1.64. The number of hydrogen-bond donors (Lipinski definition) is 3. The van der Waals surface area contributed by atoms with Crippen LogP contribution in [0.1, 0.15) is 64.5 Å². The monoisotopic (exact) mass is 780 g/mol. The molecule has 2 aromatic heterocycles. The molecule has 1 atom stereocenters. The number of amidine groups is 1. The lowest BCUT2D eigenvalue weighted by Crippen LogP contribution is -2.37. The van der Waals surface area contributed by atoms with Gasteiger partial charge in [0.15, 0.2) is 22.8 Å². The molecular formula is C37H45FN8O10. The molecule has 19 heteroatoms. The Bertz CT molecular complexity index is 2000. The minimum absolute atomic E-state index is 0.00333. The number of carbonyl (C=O) groups is 3. The van der Waals surface area contributed by atoms with Crippen molar-refractivity contribution >= 4 is 29.6 Å². The lowest BCUT2D eigenvalue weighted by atomic mass is 9.94. The molecule has 300 valence electrons. The van der Waals surface area contributed by atoms with Crippen molar-refractivity contribution in [2.45, 2.75) is 47.6 Å². The van der Waals surface area contributed by atoms with Gasteiger partial charge in [0.1, 0.15) is 24.2 Å². The minimum Gasteiger partial charge on any atom is -0.497 e. The summed E-state index contributed by atoms with van der Waals surface area (Å²) < 4.78 is 49.5. The smallest absolute Gasteiger partial charge is 0.435 e. The van der Waals surface area contributed by atoms with Crippen LogP contribution < -0.4 is 25.3 Å². The van der Waals surface area contributed by atoms with Gasteiger partial charge < -0.3 is 44.6 Å². The maximum atomic E-state index is 16.3. The molecule has 4 N–H and O–H groups in total. The fraction of sp³-hybridized carbons (Fsp3) is 0.405. The van der Waals surface area contributed by atoms with Crippen molar-refractivity contribution in [2.24, 2.45) is 21.6 Å². The zero-order chi connectivity index (χ0) is 41.0. The van der Waals surface area contributed by atoms with Crippen LogP contribution in [-0.2, 0) is 23.8 Å². The van der Waals surface area contributed by atoms with Crippen LogP contribution >= 0.6 is 0 Å². The van der Waals surface area contributed by atoms with E-state index in [1.54, 1.807) is 37.3 Å². The van der Waals surface area contributed by atoms with Gasteiger partial charge >= 0.3 is 24.0 Å². The molecule has 0 spiro atoms. The van der Waals surface area contributed by atoms with E-state index in [9.17, 15) is 19.5 Å². The molecule has 0 aliphatic rings. The molecule has 1 amide bonds. The van der Waals surface area contributed by atoms with Gasteiger partial charge in [-0.1, -0.05) is 20.8 Å². The number of nitrogens with one attached hydrogen (secondary N) is 1. The van der Waals surface area contributed by atoms with Crippen molar-refractivity contribution in [3.8, 4) is 23.5 Å². The quantitative estimate of drug-likeness (QED) is 0.0341. The van der Waals surface area contributed by atoms with Crippen molar-refractivity contribution in [3.63, 3.8) is 0 Å². The average molecular weight is 781 g/mol. The van der Waals surface area contributed by atoms with E-state index in [1.165, 1.54) is 45.5 Å². The van der Waals surface area contributed by atoms with E-state index in [2.05, 4.69) is 30.4 Å². The predicted molar refractivity (Wildman–Crippen MR) is 198 cm³/mol. The maximum Gasteiger partial charge on any atom is 0.435 e. The summed E-state index contributed by atoms with van der Waals surface area (Å²) >= 11 is 0. The summed E-state index contributed by atoms with van der Waals surface area (Å²) in [6, 6.07) is 9.18. The Labute approximate surface area is 322 Å². The van der Waals surface area contributed by atoms with Gasteiger partial charge in [-0.05, 0) is 62.6 Å². The van der Waals surface area contributed by atoms with E-state index in [-0.39, 0.29) is 72.5 Å². The van der Waals surface area contributed by atoms with Crippen LogP contribution in [0.3, 0.4) is 0 Å². The molecule has 0 fully saturated rings. The highest BCUT2D eigenvalue weighted by molar-refractivity contribution is 6.03. The number of aliphatic hydroxyl groups is 1. The van der Waals surface area contributed by atoms with E-state index in [4.69, 9.17) is 34.2 Å². The second-order valence-electron chi connectivity index (χ2n) is 13.6. The third kappa shape index (κ3) is 11.1. The third-order valence-electron chi connectivity index (χ3n) is 7.54. The molecule has 0 saturated carbocycles. The molecule has 4 rings (SSSR count). The normalized spacial score (nSPS) is 12.3. The largest absolute Gasteiger partial charge is 0.497 e. The molecule has 0 aliphatic carbocycles. The number of benzene rings is 2. The van der Waals surface area contributed by atoms with Gasteiger partial charge in [0.05, 0.1) is 26.9 Å². The first-order chi connectivity index (χ1) is 26.6. The number of hydrogen-bond acceptors (Lipinski definition) is 15. The fourth-order valence-corrected chi connectivity index (χ4v) is 4.61. The number of aliphatic hydroxyl groups excluding tert-OH is 1. The number of rotatable bonds is 17. The van der Waals surface area contributed by atoms with Gasteiger partial charge in [-0.3, -0.25) is 9.59 Å². The van der Waals surface area contributed by atoms with Crippen molar-refractivity contribution in [3.05, 3.63) is 77.6 Å². The van der Waals surface area contributed by atoms with E-state index < -0.39 is 42.1 Å². The summed E-state index contributed by atoms with van der Waals surface area (Å²) in [5.74, 6) is -2.74. The number of ether oxygens (including phenoxy) is 6. The maximum absolute atomic E-state index is 16.3. The van der Waals surface area contributed by atoms with Gasteiger partial charge in [-0.15, -0.1) is 9.78 Å². The Balaban J connectivity index is 1.75. The van der Waals surface area contributed by atoms with Gasteiger partial charge in [0.2, 0.25) is 6.79 Å². The van der Waals surface area contributed by atoms with Crippen molar-refractivity contribution in [1.29, 1.82) is 0 Å². The number of aromatic nitrogens is 5. The highest BCUT2D eigenvalue weighted by Gasteiger charge is 2.39. The number of nitrogens with two attached hydrogens (primary N) is 1. The van der Waals surface area contributed by atoms with Gasteiger partial charge in [0, 0.05) is 35.3 Å². The summed E-state index contributed by atoms with van der Waals surface area (Å²) in [4.78, 5) is 54.2. The summed E-state index contributed by atoms with van der Waals surface area (Å²) in [6.45, 7) is 8.92. The Morgan fingerprint density at radius 1 is 1.00 bits per heavy atom. The Kier molecular flexibility index (Phi) is 14.2. The SMILES string of the molecule is CCOC(=O)C(C)(C)C(=O)OCOc1nc([C@H](Nc2ccc(/C(N)=N/C(=O)OCC(C)(C)C)cc2)c2cc(OC)cc(OCCO)c2F)nn1-c1ncccn1. The predicted octanol–water partition coefficient (Wildman–Crippen LogP) is 4.13. The van der Waals surface area contributed by atoms with Crippen LogP contribution in [0, 0.1) is 16.6 Å². The van der Waals surface area contributed by atoms with Crippen LogP contribution in [0.2, 0.25) is 0 Å². The summed E-state index contributed by atoms with van der Waals surface area (Å²) in [6.07, 6.45) is 2.05. The first-order valence-corrected chi connectivity index (χ1v) is 17.3. The molecule has 2 aromatic carbocycles. The molecule has 56 heavy (non-hydrogen) atoms. The Morgan fingerprint density at radius 3 is 2.30 bits per heavy atom. The molecule has 2 heterocycles. The first-order valence-electron chi connectivity index (χ1n) is 17.3. The number of nitrogens with zero attached hydrogens (tertiary/aromatic N) is 6. The summed E-state index contributed by atoms with van der Waals surface area (Å²) in [7, 11) is 1.38. The Hall–Kier alpha value is -6.37. The van der Waals surface area contributed by atoms with Crippen molar-refractivity contribution in [2.75, 3.05) is 45.6 Å². The van der Waals surface area contributed by atoms with Crippen LogP contribution in [0.5, 0.6) is 17.5 Å². The standard InChI is InChI=1S/C37H45FN8O10/c1-8-52-31(48)37(5,6)32(49)55-21-56-34-44-30(45-46(34)33-40-14-9-15-41-33)28(25-18-24(51-7)19-26(27(25)38)53-17-16-47)42-23-12-10-22(11-13-23)29(39)43-35(50)54-20-36(2,3)4/h9-15,18-19,28,42,47H,8,16-17,20-21H2,1-7H3,(H2,39,43,50)/t28-/m1/s1. The van der Waals surface area contributed by atoms with E-state index in [0.29, 0.717) is 11.3 Å². The van der Waals surface area contributed by atoms with Crippen LogP contribution in [0.4, 0.5) is 14.9 Å². The molecule has 0 aliphatic heterocycles. The number of anilines is 1. The second-order valence-corrected chi connectivity index (χ2v) is 13.6. The fourth-order valence-electron chi connectivity index (χ4n) is 4.61. The first kappa shape index (κ1) is 42.4. The van der Waals surface area contributed by atoms with E-state index in [0.717, 1.165) is 4.68 Å². The second kappa shape index (κ2) is 18.8. The zero-order valence-electron chi connectivity index (χ0n) is 32.1. The number of halogens is 1. The van der Waals surface area contributed by atoms with Gasteiger partial charge in [0.25, 0.3) is 5.95 Å². The molecule has 0 bridgehead atoms. The van der Waals surface area contributed by atoms with Gasteiger partial charge in [-0.2, -0.15) is 9.98 Å². The van der Waals surface area contributed by atoms with E-state index in [1.807, 2.05) is 20.8 Å². The van der Waals surface area contributed by atoms with E-state index >= 15 is 4.39 Å². The number of aliphatic imine (C=N–C) groups is 1. The van der Waals surface area contributed by atoms with Crippen LogP contribution in [0.15, 0.2) is 59.9 Å². The lowest BCUT2D eigenvalue weighted by molar-refractivity contribution is -0.173. The molecule has 18 nitrogen and oxygen atoms in total. The van der Waals surface area contributed by atoms with Crippen molar-refractivity contribution in [1.82, 2.24) is 24.7 Å². The molecule has 0 unspecified atom stereocenters. The molecule has 0 radical (unpaired) electrons. The van der Waals surface area contributed by atoms with Crippen LogP contribution in [0.25, 0.3) is 5.95 Å². The highest BCUT2D eigenvalue weighted by Crippen LogP contribution is 2.36. The van der Waals surface area contributed by atoms with Crippen molar-refractivity contribution < 1.29 is 52.3 Å². The lowest BCUT2D eigenvalue weighted by Gasteiger charge is -2.21. The molecule has 4 aromatic rings. The Morgan fingerprint density at radius 2 is 1.68 bits per heavy atom. The molecular weight excluding hydrogens is 735 g/mol. The number of carbonyl (C=O) groups excluding carboxylic acids is 3. The zero-order valence-corrected chi connectivity index (χ0v) is 32.1. The highest BCUT2D eigenvalue weighted by atomic mass is 19.1.